The Labute approximate surface area is 211 Å². The Bertz CT molecular complexity index is 1540. The first-order valence-corrected chi connectivity index (χ1v) is 13.0. The van der Waals surface area contributed by atoms with Crippen molar-refractivity contribution in [2.75, 3.05) is 25.6 Å². The molecule has 0 spiro atoms. The van der Waals surface area contributed by atoms with Crippen LogP contribution in [0.1, 0.15) is 18.0 Å². The van der Waals surface area contributed by atoms with Crippen molar-refractivity contribution in [3.63, 3.8) is 0 Å². The normalized spacial score (nSPS) is 16.7. The first-order valence-electron chi connectivity index (χ1n) is 11.4. The largest absolute Gasteiger partial charge is 0.382 e. The zero-order chi connectivity index (χ0) is 26.2. The number of benzene rings is 2. The molecule has 1 fully saturated rings. The molecular weight excluding hydrogens is 504 g/mol. The number of nitrogens with zero attached hydrogens (tertiary/aromatic N) is 3. The molecule has 0 bridgehead atoms. The minimum absolute atomic E-state index is 0.0663. The third-order valence-corrected chi connectivity index (χ3v) is 8.39. The molecule has 1 saturated heterocycles. The summed E-state index contributed by atoms with van der Waals surface area (Å²) in [5.74, 6) is -0.406. The summed E-state index contributed by atoms with van der Waals surface area (Å²) in [5, 5.41) is 3.37. The topological polar surface area (TPSA) is 147 Å². The van der Waals surface area contributed by atoms with E-state index in [9.17, 15) is 17.2 Å². The van der Waals surface area contributed by atoms with Crippen LogP contribution in [-0.2, 0) is 14.6 Å². The Morgan fingerprint density at radius 2 is 1.89 bits per heavy atom. The lowest BCUT2D eigenvalue weighted by Crippen LogP contribution is -2.21. The summed E-state index contributed by atoms with van der Waals surface area (Å²) < 4.78 is 63.6. The fourth-order valence-electron chi connectivity index (χ4n) is 4.06. The van der Waals surface area contributed by atoms with Gasteiger partial charge >= 0.3 is 0 Å². The van der Waals surface area contributed by atoms with Crippen LogP contribution >= 0.6 is 0 Å². The van der Waals surface area contributed by atoms with Gasteiger partial charge in [0.05, 0.1) is 34.7 Å². The molecule has 4 aromatic rings. The summed E-state index contributed by atoms with van der Waals surface area (Å²) in [5.41, 5.74) is 13.5. The third-order valence-electron chi connectivity index (χ3n) is 6.21. The molecule has 2 unspecified atom stereocenters. The van der Waals surface area contributed by atoms with Crippen molar-refractivity contribution >= 4 is 15.7 Å². The molecule has 2 atom stereocenters. The van der Waals surface area contributed by atoms with Crippen LogP contribution in [0.4, 0.5) is 14.6 Å². The van der Waals surface area contributed by atoms with E-state index in [0.717, 1.165) is 6.07 Å². The van der Waals surface area contributed by atoms with Gasteiger partial charge in [0.1, 0.15) is 18.2 Å². The summed E-state index contributed by atoms with van der Waals surface area (Å²) in [6.07, 6.45) is 1.92. The number of sulfone groups is 1. The van der Waals surface area contributed by atoms with Crippen LogP contribution in [0.5, 0.6) is 0 Å². The molecule has 2 aromatic carbocycles. The summed E-state index contributed by atoms with van der Waals surface area (Å²) in [4.78, 5) is 8.90. The van der Waals surface area contributed by atoms with Crippen LogP contribution in [0.2, 0.25) is 0 Å². The van der Waals surface area contributed by atoms with Gasteiger partial charge in [0.15, 0.2) is 27.1 Å². The van der Waals surface area contributed by atoms with Crippen LogP contribution in [0.15, 0.2) is 64.1 Å². The lowest BCUT2D eigenvalue weighted by molar-refractivity contribution is 0.198. The highest BCUT2D eigenvalue weighted by Gasteiger charge is 2.31. The number of nitrogen functional groups attached to an aromatic ring is 1. The molecule has 4 N–H and O–H groups in total. The summed E-state index contributed by atoms with van der Waals surface area (Å²) in [6, 6.07) is 11.0. The first-order chi connectivity index (χ1) is 17.8. The SMILES string of the molecule is Nc1ncc(-c2ccc(S(=O)(=O)C3CCOC3)cc2)nc1-c1cc(-c2ccc(C(N)CF)cc2F)no1. The van der Waals surface area contributed by atoms with E-state index in [1.807, 2.05) is 0 Å². The molecule has 2 aromatic heterocycles. The molecule has 1 aliphatic rings. The van der Waals surface area contributed by atoms with Crippen molar-refractivity contribution < 1.29 is 26.5 Å². The van der Waals surface area contributed by atoms with Gasteiger partial charge in [0.25, 0.3) is 0 Å². The van der Waals surface area contributed by atoms with Gasteiger partial charge in [-0.3, -0.25) is 0 Å². The quantitative estimate of drug-likeness (QED) is 0.367. The molecule has 3 heterocycles. The van der Waals surface area contributed by atoms with Gasteiger partial charge < -0.3 is 20.7 Å². The number of rotatable bonds is 7. The van der Waals surface area contributed by atoms with Crippen LogP contribution in [-0.4, -0.2) is 48.7 Å². The van der Waals surface area contributed by atoms with Crippen molar-refractivity contribution in [1.82, 2.24) is 15.1 Å². The van der Waals surface area contributed by atoms with Crippen LogP contribution in [0.3, 0.4) is 0 Å². The second kappa shape index (κ2) is 9.96. The van der Waals surface area contributed by atoms with E-state index >= 15 is 0 Å². The van der Waals surface area contributed by atoms with Gasteiger partial charge in [-0.15, -0.1) is 0 Å². The molecular formula is C25H23F2N5O4S. The van der Waals surface area contributed by atoms with E-state index in [4.69, 9.17) is 20.7 Å². The predicted octanol–water partition coefficient (Wildman–Crippen LogP) is 3.72. The molecule has 5 rings (SSSR count). The monoisotopic (exact) mass is 527 g/mol. The summed E-state index contributed by atoms with van der Waals surface area (Å²) in [7, 11) is -3.49. The zero-order valence-corrected chi connectivity index (χ0v) is 20.3. The van der Waals surface area contributed by atoms with Gasteiger partial charge in [-0.2, -0.15) is 0 Å². The van der Waals surface area contributed by atoms with Crippen LogP contribution in [0, 0.1) is 5.82 Å². The lowest BCUT2D eigenvalue weighted by Gasteiger charge is -2.10. The van der Waals surface area contributed by atoms with Gasteiger partial charge in [-0.1, -0.05) is 23.4 Å². The van der Waals surface area contributed by atoms with Gasteiger partial charge in [-0.05, 0) is 36.2 Å². The van der Waals surface area contributed by atoms with E-state index in [-0.39, 0.29) is 40.0 Å². The molecule has 9 nitrogen and oxygen atoms in total. The van der Waals surface area contributed by atoms with Crippen LogP contribution < -0.4 is 11.5 Å². The van der Waals surface area contributed by atoms with Crippen molar-refractivity contribution in [3.8, 4) is 34.0 Å². The second-order valence-electron chi connectivity index (χ2n) is 8.62. The number of ether oxygens (including phenoxy) is 1. The standard InChI is InChI=1S/C25H23F2N5O4S/c26-11-20(28)15-3-6-18(19(27)9-15)21-10-23(36-32-21)24-25(29)30-12-22(31-24)14-1-4-16(5-2-14)37(33,34)17-7-8-35-13-17/h1-6,9-10,12,17,20H,7-8,11,13,28H2,(H2,29,30). The van der Waals surface area contributed by atoms with Gasteiger partial charge in [0.2, 0.25) is 0 Å². The number of hydrogen-bond donors (Lipinski definition) is 2. The van der Waals surface area contributed by atoms with Crippen molar-refractivity contribution in [2.24, 2.45) is 5.73 Å². The Morgan fingerprint density at radius 1 is 1.11 bits per heavy atom. The van der Waals surface area contributed by atoms with Gasteiger partial charge in [-0.25, -0.2) is 27.2 Å². The number of aromatic nitrogens is 3. The van der Waals surface area contributed by atoms with E-state index in [2.05, 4.69) is 15.1 Å². The Kier molecular flexibility index (Phi) is 6.71. The second-order valence-corrected chi connectivity index (χ2v) is 10.8. The van der Waals surface area contributed by atoms with E-state index in [0.29, 0.717) is 29.8 Å². The number of halogens is 2. The number of hydrogen-bond acceptors (Lipinski definition) is 9. The van der Waals surface area contributed by atoms with Crippen molar-refractivity contribution in [1.29, 1.82) is 0 Å². The maximum atomic E-state index is 14.7. The minimum atomic E-state index is -3.49. The third kappa shape index (κ3) is 4.82. The molecule has 0 amide bonds. The molecule has 37 heavy (non-hydrogen) atoms. The summed E-state index contributed by atoms with van der Waals surface area (Å²) >= 11 is 0. The highest BCUT2D eigenvalue weighted by atomic mass is 32.2. The van der Waals surface area contributed by atoms with Crippen molar-refractivity contribution in [3.05, 3.63) is 66.1 Å². The average molecular weight is 528 g/mol. The highest BCUT2D eigenvalue weighted by Crippen LogP contribution is 2.32. The molecule has 0 aliphatic carbocycles. The van der Waals surface area contributed by atoms with E-state index < -0.39 is 33.6 Å². The molecule has 1 aliphatic heterocycles. The van der Waals surface area contributed by atoms with E-state index in [1.165, 1.54) is 36.5 Å². The molecule has 192 valence electrons. The molecule has 0 radical (unpaired) electrons. The zero-order valence-electron chi connectivity index (χ0n) is 19.5. The highest BCUT2D eigenvalue weighted by molar-refractivity contribution is 7.92. The maximum absolute atomic E-state index is 14.7. The fourth-order valence-corrected chi connectivity index (χ4v) is 5.64. The number of alkyl halides is 1. The van der Waals surface area contributed by atoms with E-state index in [1.54, 1.807) is 12.1 Å². The minimum Gasteiger partial charge on any atom is -0.382 e. The van der Waals surface area contributed by atoms with Gasteiger partial charge in [0, 0.05) is 23.8 Å². The summed E-state index contributed by atoms with van der Waals surface area (Å²) in [6.45, 7) is -0.190. The number of nitrogens with two attached hydrogens (primary N) is 2. The fraction of sp³-hybridized carbons (Fsp3) is 0.240. The lowest BCUT2D eigenvalue weighted by atomic mass is 10.0. The molecule has 0 saturated carbocycles. The van der Waals surface area contributed by atoms with Crippen LogP contribution in [0.25, 0.3) is 34.0 Å². The number of anilines is 1. The Morgan fingerprint density at radius 3 is 2.57 bits per heavy atom. The Balaban J connectivity index is 1.42. The average Bonchev–Trinajstić information content (AvgIpc) is 3.62. The maximum Gasteiger partial charge on any atom is 0.189 e. The predicted molar refractivity (Wildman–Crippen MR) is 132 cm³/mol. The smallest absolute Gasteiger partial charge is 0.189 e. The molecule has 12 heteroatoms. The van der Waals surface area contributed by atoms with Crippen molar-refractivity contribution in [2.45, 2.75) is 22.6 Å². The first kappa shape index (κ1) is 24.9. The Hall–Kier alpha value is -3.74.